The number of benzene rings is 2. The molecular weight excluding hydrogens is 350 g/mol. The summed E-state index contributed by atoms with van der Waals surface area (Å²) in [4.78, 5) is 8.84. The molecule has 7 nitrogen and oxygen atoms in total. The first kappa shape index (κ1) is 17.7. The Morgan fingerprint density at radius 1 is 0.808 bits per heavy atom. The van der Waals surface area contributed by atoms with Gasteiger partial charge in [-0.3, -0.25) is 4.72 Å². The van der Waals surface area contributed by atoms with Gasteiger partial charge in [0.1, 0.15) is 5.82 Å². The average Bonchev–Trinajstić information content (AvgIpc) is 2.56. The van der Waals surface area contributed by atoms with E-state index in [0.717, 1.165) is 23.3 Å². The molecule has 0 spiro atoms. The molecule has 0 aliphatic rings. The minimum absolute atomic E-state index is 0.451. The van der Waals surface area contributed by atoms with E-state index in [1.807, 2.05) is 43.3 Å². The third-order valence-corrected chi connectivity index (χ3v) is 3.95. The summed E-state index contributed by atoms with van der Waals surface area (Å²) in [7, 11) is -3.29. The van der Waals surface area contributed by atoms with Crippen molar-refractivity contribution in [2.45, 2.75) is 6.92 Å². The van der Waals surface area contributed by atoms with Crippen molar-refractivity contribution in [1.29, 1.82) is 0 Å². The number of aryl methyl sites for hydroxylation is 1. The van der Waals surface area contributed by atoms with Crippen LogP contribution < -0.4 is 15.4 Å². The second kappa shape index (κ2) is 7.40. The van der Waals surface area contributed by atoms with Gasteiger partial charge in [-0.2, -0.15) is 4.98 Å². The molecule has 8 heteroatoms. The zero-order valence-corrected chi connectivity index (χ0v) is 15.2. The molecule has 3 N–H and O–H groups in total. The highest BCUT2D eigenvalue weighted by Gasteiger charge is 2.05. The van der Waals surface area contributed by atoms with Crippen LogP contribution in [0.15, 0.2) is 60.7 Å². The highest BCUT2D eigenvalue weighted by atomic mass is 32.2. The van der Waals surface area contributed by atoms with E-state index >= 15 is 0 Å². The van der Waals surface area contributed by atoms with Crippen LogP contribution in [0.3, 0.4) is 0 Å². The summed E-state index contributed by atoms with van der Waals surface area (Å²) in [5.41, 5.74) is 3.00. The van der Waals surface area contributed by atoms with Crippen molar-refractivity contribution in [3.05, 3.63) is 66.4 Å². The molecule has 2 aromatic carbocycles. The molecule has 26 heavy (non-hydrogen) atoms. The maximum absolute atomic E-state index is 11.2. The van der Waals surface area contributed by atoms with Crippen molar-refractivity contribution in [1.82, 2.24) is 9.97 Å². The van der Waals surface area contributed by atoms with Gasteiger partial charge < -0.3 is 10.6 Å². The van der Waals surface area contributed by atoms with Gasteiger partial charge in [-0.1, -0.05) is 18.2 Å². The molecule has 0 aliphatic heterocycles. The summed E-state index contributed by atoms with van der Waals surface area (Å²) in [5, 5.41) is 6.36. The van der Waals surface area contributed by atoms with Crippen molar-refractivity contribution in [2.75, 3.05) is 21.6 Å². The predicted octanol–water partition coefficient (Wildman–Crippen LogP) is 3.64. The van der Waals surface area contributed by atoms with Crippen molar-refractivity contribution in [3.63, 3.8) is 0 Å². The second-order valence-corrected chi connectivity index (χ2v) is 7.53. The summed E-state index contributed by atoms with van der Waals surface area (Å²) < 4.78 is 24.9. The Balaban J connectivity index is 1.75. The van der Waals surface area contributed by atoms with Gasteiger partial charge in [0.25, 0.3) is 0 Å². The molecule has 3 aromatic rings. The smallest absolute Gasteiger partial charge is 0.229 e. The zero-order valence-electron chi connectivity index (χ0n) is 14.4. The van der Waals surface area contributed by atoms with Gasteiger partial charge in [-0.15, -0.1) is 0 Å². The standard InChI is InChI=1S/C18H19N5O2S/c1-13-12-17(20-14-6-4-3-5-7-14)22-18(19-13)21-15-8-10-16(11-9-15)23-26(2,24)25/h3-12,23H,1-2H3,(H2,19,20,21,22). The van der Waals surface area contributed by atoms with E-state index in [0.29, 0.717) is 17.5 Å². The fraction of sp³-hybridized carbons (Fsp3) is 0.111. The maximum Gasteiger partial charge on any atom is 0.229 e. The molecule has 1 heterocycles. The molecule has 0 fully saturated rings. The van der Waals surface area contributed by atoms with Crippen LogP contribution in [0.5, 0.6) is 0 Å². The Kier molecular flexibility index (Phi) is 5.04. The number of nitrogens with zero attached hydrogens (tertiary/aromatic N) is 2. The SMILES string of the molecule is Cc1cc(Nc2ccccc2)nc(Nc2ccc(NS(C)(=O)=O)cc2)n1. The monoisotopic (exact) mass is 369 g/mol. The van der Waals surface area contributed by atoms with E-state index in [4.69, 9.17) is 0 Å². The van der Waals surface area contributed by atoms with Gasteiger partial charge in [0.2, 0.25) is 16.0 Å². The van der Waals surface area contributed by atoms with Gasteiger partial charge in [0.05, 0.1) is 6.26 Å². The van der Waals surface area contributed by atoms with E-state index in [-0.39, 0.29) is 0 Å². The Morgan fingerprint density at radius 2 is 1.42 bits per heavy atom. The lowest BCUT2D eigenvalue weighted by Crippen LogP contribution is -2.09. The van der Waals surface area contributed by atoms with Crippen LogP contribution in [0.1, 0.15) is 5.69 Å². The lowest BCUT2D eigenvalue weighted by molar-refractivity contribution is 0.607. The molecule has 0 atom stereocenters. The summed E-state index contributed by atoms with van der Waals surface area (Å²) >= 11 is 0. The Bertz CT molecular complexity index is 990. The number of rotatable bonds is 6. The first-order chi connectivity index (χ1) is 12.4. The fourth-order valence-corrected chi connectivity index (χ4v) is 2.89. The topological polar surface area (TPSA) is 96.0 Å². The van der Waals surface area contributed by atoms with Crippen LogP contribution in [0.2, 0.25) is 0 Å². The van der Waals surface area contributed by atoms with Crippen LogP contribution >= 0.6 is 0 Å². The molecule has 0 amide bonds. The van der Waals surface area contributed by atoms with Crippen molar-refractivity contribution in [2.24, 2.45) is 0 Å². The largest absolute Gasteiger partial charge is 0.340 e. The number of sulfonamides is 1. The molecule has 0 saturated heterocycles. The second-order valence-electron chi connectivity index (χ2n) is 5.79. The molecule has 0 saturated carbocycles. The molecule has 134 valence electrons. The fourth-order valence-electron chi connectivity index (χ4n) is 2.32. The van der Waals surface area contributed by atoms with Crippen molar-refractivity contribution >= 4 is 38.9 Å². The summed E-state index contributed by atoms with van der Waals surface area (Å²) in [5.74, 6) is 1.13. The van der Waals surface area contributed by atoms with E-state index in [9.17, 15) is 8.42 Å². The Morgan fingerprint density at radius 3 is 2.08 bits per heavy atom. The van der Waals surface area contributed by atoms with Gasteiger partial charge in [-0.05, 0) is 43.3 Å². The number of para-hydroxylation sites is 1. The van der Waals surface area contributed by atoms with E-state index in [1.54, 1.807) is 24.3 Å². The highest BCUT2D eigenvalue weighted by molar-refractivity contribution is 7.92. The highest BCUT2D eigenvalue weighted by Crippen LogP contribution is 2.20. The van der Waals surface area contributed by atoms with Crippen LogP contribution in [0, 0.1) is 6.92 Å². The number of hydrogen-bond donors (Lipinski definition) is 3. The Hall–Kier alpha value is -3.13. The van der Waals surface area contributed by atoms with Gasteiger partial charge in [-0.25, -0.2) is 13.4 Å². The number of hydrogen-bond acceptors (Lipinski definition) is 6. The maximum atomic E-state index is 11.2. The number of anilines is 5. The number of aromatic nitrogens is 2. The molecule has 0 aliphatic carbocycles. The molecular formula is C18H19N5O2S. The molecule has 3 rings (SSSR count). The Labute approximate surface area is 152 Å². The minimum Gasteiger partial charge on any atom is -0.340 e. The third kappa shape index (κ3) is 5.18. The van der Waals surface area contributed by atoms with E-state index in [1.165, 1.54) is 0 Å². The minimum atomic E-state index is -3.29. The average molecular weight is 369 g/mol. The van der Waals surface area contributed by atoms with E-state index in [2.05, 4.69) is 25.3 Å². The molecule has 0 bridgehead atoms. The number of nitrogens with one attached hydrogen (secondary N) is 3. The van der Waals surface area contributed by atoms with Crippen LogP contribution in [-0.2, 0) is 10.0 Å². The summed E-state index contributed by atoms with van der Waals surface area (Å²) in [6, 6.07) is 18.5. The first-order valence-electron chi connectivity index (χ1n) is 7.90. The summed E-state index contributed by atoms with van der Waals surface area (Å²) in [6.07, 6.45) is 1.11. The van der Waals surface area contributed by atoms with Gasteiger partial charge >= 0.3 is 0 Å². The van der Waals surface area contributed by atoms with Gasteiger partial charge in [0.15, 0.2) is 0 Å². The van der Waals surface area contributed by atoms with Crippen LogP contribution in [-0.4, -0.2) is 24.6 Å². The van der Waals surface area contributed by atoms with Gasteiger partial charge in [0, 0.05) is 28.8 Å². The summed E-state index contributed by atoms with van der Waals surface area (Å²) in [6.45, 7) is 1.89. The lowest BCUT2D eigenvalue weighted by atomic mass is 10.3. The van der Waals surface area contributed by atoms with Crippen LogP contribution in [0.4, 0.5) is 28.8 Å². The van der Waals surface area contributed by atoms with E-state index < -0.39 is 10.0 Å². The van der Waals surface area contributed by atoms with Crippen molar-refractivity contribution in [3.8, 4) is 0 Å². The van der Waals surface area contributed by atoms with Crippen molar-refractivity contribution < 1.29 is 8.42 Å². The third-order valence-electron chi connectivity index (χ3n) is 3.34. The van der Waals surface area contributed by atoms with Crippen LogP contribution in [0.25, 0.3) is 0 Å². The molecule has 1 aromatic heterocycles. The first-order valence-corrected chi connectivity index (χ1v) is 9.79. The normalized spacial score (nSPS) is 11.0. The lowest BCUT2D eigenvalue weighted by Gasteiger charge is -2.10. The molecule has 0 unspecified atom stereocenters. The predicted molar refractivity (Wildman–Crippen MR) is 105 cm³/mol. The zero-order chi connectivity index (χ0) is 18.6. The molecule has 0 radical (unpaired) electrons. The quantitative estimate of drug-likeness (QED) is 0.614.